The number of nitrogens with zero attached hydrogens (tertiary/aromatic N) is 1. The van der Waals surface area contributed by atoms with Crippen molar-refractivity contribution in [2.75, 3.05) is 13.1 Å². The van der Waals surface area contributed by atoms with E-state index in [9.17, 15) is 22.8 Å². The molecule has 0 spiro atoms. The van der Waals surface area contributed by atoms with Crippen LogP contribution in [0.3, 0.4) is 0 Å². The molecule has 2 aromatic rings. The van der Waals surface area contributed by atoms with E-state index in [1.807, 2.05) is 0 Å². The monoisotopic (exact) mass is 375 g/mol. The maximum absolute atomic E-state index is 12.4. The number of aromatic amines is 1. The van der Waals surface area contributed by atoms with Gasteiger partial charge in [0.15, 0.2) is 0 Å². The first-order valence-electron chi connectivity index (χ1n) is 8.00. The molecule has 9 heteroatoms. The molecule has 1 aliphatic heterocycles. The largest absolute Gasteiger partial charge is 0.356 e. The zero-order valence-corrected chi connectivity index (χ0v) is 14.6. The number of rotatable bonds is 6. The smallest absolute Gasteiger partial charge is 0.269 e. The standard InChI is InChI=1S/C17H17N3O5S/c21-15(18-10-8-12-4-3-7-16(22)19-12)9-11-20-17(23)13-5-1-2-6-14(13)26(20,24)25/h1-7H,8-11H2,(H,18,21)(H,19,22). The minimum Gasteiger partial charge on any atom is -0.356 e. The van der Waals surface area contributed by atoms with Crippen LogP contribution in [-0.4, -0.2) is 42.6 Å². The fraction of sp³-hybridized carbons (Fsp3) is 0.235. The fourth-order valence-corrected chi connectivity index (χ4v) is 4.29. The number of carbonyl (C=O) groups excluding carboxylic acids is 2. The molecule has 0 saturated carbocycles. The molecule has 0 atom stereocenters. The van der Waals surface area contributed by atoms with Gasteiger partial charge in [0.1, 0.15) is 4.90 Å². The summed E-state index contributed by atoms with van der Waals surface area (Å²) in [5.74, 6) is -0.988. The number of hydrogen-bond donors (Lipinski definition) is 2. The number of nitrogens with one attached hydrogen (secondary N) is 2. The Morgan fingerprint density at radius 3 is 2.58 bits per heavy atom. The lowest BCUT2D eigenvalue weighted by molar-refractivity contribution is -0.121. The predicted octanol–water partition coefficient (Wildman–Crippen LogP) is 0.268. The Kier molecular flexibility index (Phi) is 4.90. The molecule has 136 valence electrons. The molecule has 1 aromatic carbocycles. The Bertz CT molecular complexity index is 1010. The van der Waals surface area contributed by atoms with E-state index in [1.165, 1.54) is 18.2 Å². The molecule has 1 aromatic heterocycles. The van der Waals surface area contributed by atoms with Crippen molar-refractivity contribution in [1.29, 1.82) is 0 Å². The van der Waals surface area contributed by atoms with Gasteiger partial charge in [-0.15, -0.1) is 0 Å². The number of hydrogen-bond acceptors (Lipinski definition) is 5. The van der Waals surface area contributed by atoms with Gasteiger partial charge in [-0.2, -0.15) is 0 Å². The van der Waals surface area contributed by atoms with Crippen molar-refractivity contribution in [2.24, 2.45) is 0 Å². The topological polar surface area (TPSA) is 116 Å². The highest BCUT2D eigenvalue weighted by molar-refractivity contribution is 7.90. The highest BCUT2D eigenvalue weighted by Gasteiger charge is 2.40. The first-order valence-corrected chi connectivity index (χ1v) is 9.44. The molecule has 2 N–H and O–H groups in total. The van der Waals surface area contributed by atoms with Crippen LogP contribution in [0.15, 0.2) is 52.2 Å². The molecular weight excluding hydrogens is 358 g/mol. The molecule has 0 bridgehead atoms. The number of carbonyl (C=O) groups is 2. The number of amides is 2. The van der Waals surface area contributed by atoms with Gasteiger partial charge in [0, 0.05) is 37.7 Å². The van der Waals surface area contributed by atoms with Crippen LogP contribution in [0.2, 0.25) is 0 Å². The van der Waals surface area contributed by atoms with E-state index in [1.54, 1.807) is 24.3 Å². The molecule has 0 saturated heterocycles. The summed E-state index contributed by atoms with van der Waals surface area (Å²) in [6.07, 6.45) is 0.304. The number of fused-ring (bicyclic) bond motifs is 1. The third kappa shape index (κ3) is 3.52. The van der Waals surface area contributed by atoms with E-state index in [0.29, 0.717) is 18.7 Å². The normalized spacial score (nSPS) is 14.9. The highest BCUT2D eigenvalue weighted by atomic mass is 32.2. The third-order valence-corrected chi connectivity index (χ3v) is 5.84. The van der Waals surface area contributed by atoms with Crippen LogP contribution < -0.4 is 10.9 Å². The first kappa shape index (κ1) is 17.9. The Morgan fingerprint density at radius 1 is 1.08 bits per heavy atom. The molecular formula is C17H17N3O5S. The second-order valence-electron chi connectivity index (χ2n) is 5.77. The Balaban J connectivity index is 1.54. The molecule has 0 unspecified atom stereocenters. The molecule has 0 fully saturated rings. The van der Waals surface area contributed by atoms with Crippen LogP contribution in [0, 0.1) is 0 Å². The number of aromatic nitrogens is 1. The van der Waals surface area contributed by atoms with Gasteiger partial charge in [0.25, 0.3) is 15.9 Å². The lowest BCUT2D eigenvalue weighted by Gasteiger charge is -2.14. The third-order valence-electron chi connectivity index (χ3n) is 4.00. The number of pyridine rings is 1. The molecule has 2 amide bonds. The van der Waals surface area contributed by atoms with Crippen molar-refractivity contribution < 1.29 is 18.0 Å². The maximum atomic E-state index is 12.4. The average Bonchev–Trinajstić information content (AvgIpc) is 2.80. The van der Waals surface area contributed by atoms with Gasteiger partial charge in [-0.25, -0.2) is 12.7 Å². The Morgan fingerprint density at radius 2 is 1.85 bits per heavy atom. The molecule has 0 radical (unpaired) electrons. The molecule has 2 heterocycles. The van der Waals surface area contributed by atoms with Gasteiger partial charge in [0.2, 0.25) is 11.5 Å². The first-order chi connectivity index (χ1) is 12.4. The zero-order valence-electron chi connectivity index (χ0n) is 13.8. The summed E-state index contributed by atoms with van der Waals surface area (Å²) in [5.41, 5.74) is 0.595. The Labute approximate surface area is 149 Å². The van der Waals surface area contributed by atoms with Crippen LogP contribution >= 0.6 is 0 Å². The fourth-order valence-electron chi connectivity index (χ4n) is 2.72. The van der Waals surface area contributed by atoms with Gasteiger partial charge >= 0.3 is 0 Å². The summed E-state index contributed by atoms with van der Waals surface area (Å²) in [6.45, 7) is 0.0730. The summed E-state index contributed by atoms with van der Waals surface area (Å²) in [7, 11) is -3.90. The molecule has 0 aliphatic carbocycles. The SMILES string of the molecule is O=C(CCN1C(=O)c2ccccc2S1(=O)=O)NCCc1cccc(=O)[nH]1. The maximum Gasteiger partial charge on any atom is 0.269 e. The van der Waals surface area contributed by atoms with E-state index >= 15 is 0 Å². The van der Waals surface area contributed by atoms with E-state index < -0.39 is 15.9 Å². The number of H-pyrrole nitrogens is 1. The summed E-state index contributed by atoms with van der Waals surface area (Å²) < 4.78 is 25.5. The van der Waals surface area contributed by atoms with E-state index in [0.717, 1.165) is 4.31 Å². The zero-order chi connectivity index (χ0) is 18.7. The van der Waals surface area contributed by atoms with Crippen molar-refractivity contribution in [2.45, 2.75) is 17.7 Å². The van der Waals surface area contributed by atoms with E-state index in [4.69, 9.17) is 0 Å². The lowest BCUT2D eigenvalue weighted by Crippen LogP contribution is -2.35. The molecule has 26 heavy (non-hydrogen) atoms. The van der Waals surface area contributed by atoms with Crippen molar-refractivity contribution in [3.63, 3.8) is 0 Å². The van der Waals surface area contributed by atoms with Crippen molar-refractivity contribution in [1.82, 2.24) is 14.6 Å². The average molecular weight is 375 g/mol. The molecule has 3 rings (SSSR count). The molecule has 1 aliphatic rings. The summed E-state index contributed by atoms with van der Waals surface area (Å²) in [5, 5.41) is 2.64. The van der Waals surface area contributed by atoms with Crippen molar-refractivity contribution >= 4 is 21.8 Å². The Hall–Kier alpha value is -2.94. The minimum absolute atomic E-state index is 0.0292. The van der Waals surface area contributed by atoms with Gasteiger partial charge in [-0.1, -0.05) is 18.2 Å². The van der Waals surface area contributed by atoms with Crippen LogP contribution in [0.4, 0.5) is 0 Å². The minimum atomic E-state index is -3.90. The van der Waals surface area contributed by atoms with Crippen LogP contribution in [-0.2, 0) is 21.2 Å². The molecule has 8 nitrogen and oxygen atoms in total. The van der Waals surface area contributed by atoms with Gasteiger partial charge in [-0.3, -0.25) is 14.4 Å². The number of sulfonamides is 1. The van der Waals surface area contributed by atoms with Crippen LogP contribution in [0.1, 0.15) is 22.5 Å². The van der Waals surface area contributed by atoms with Gasteiger partial charge in [0.05, 0.1) is 5.56 Å². The number of benzene rings is 1. The van der Waals surface area contributed by atoms with Crippen molar-refractivity contribution in [3.05, 3.63) is 64.1 Å². The summed E-state index contributed by atoms with van der Waals surface area (Å²) in [6, 6.07) is 10.7. The van der Waals surface area contributed by atoms with E-state index in [2.05, 4.69) is 10.3 Å². The summed E-state index contributed by atoms with van der Waals surface area (Å²) >= 11 is 0. The summed E-state index contributed by atoms with van der Waals surface area (Å²) in [4.78, 5) is 38.0. The lowest BCUT2D eigenvalue weighted by atomic mass is 10.2. The predicted molar refractivity (Wildman–Crippen MR) is 93.1 cm³/mol. The second-order valence-corrected chi connectivity index (χ2v) is 7.60. The van der Waals surface area contributed by atoms with E-state index in [-0.39, 0.29) is 34.9 Å². The van der Waals surface area contributed by atoms with Gasteiger partial charge in [-0.05, 0) is 18.2 Å². The van der Waals surface area contributed by atoms with Crippen LogP contribution in [0.5, 0.6) is 0 Å². The second kappa shape index (κ2) is 7.12. The quantitative estimate of drug-likeness (QED) is 0.752. The van der Waals surface area contributed by atoms with Crippen molar-refractivity contribution in [3.8, 4) is 0 Å². The van der Waals surface area contributed by atoms with Gasteiger partial charge < -0.3 is 10.3 Å². The highest BCUT2D eigenvalue weighted by Crippen LogP contribution is 2.29. The van der Waals surface area contributed by atoms with Crippen LogP contribution in [0.25, 0.3) is 0 Å².